The summed E-state index contributed by atoms with van der Waals surface area (Å²) in [4.78, 5) is 0. The van der Waals surface area contributed by atoms with E-state index >= 15 is 0 Å². The van der Waals surface area contributed by atoms with Crippen molar-refractivity contribution < 1.29 is 0 Å². The van der Waals surface area contributed by atoms with Crippen LogP contribution >= 0.6 is 0 Å². The van der Waals surface area contributed by atoms with Gasteiger partial charge in [0.05, 0.1) is 0 Å². The Morgan fingerprint density at radius 1 is 0.133 bits per heavy atom. The van der Waals surface area contributed by atoms with Crippen LogP contribution in [0.2, 0.25) is 0 Å². The summed E-state index contributed by atoms with van der Waals surface area (Å²) in [6.45, 7) is 67.0. The average molecular weight is 665 g/mol. The van der Waals surface area contributed by atoms with Gasteiger partial charge in [0.25, 0.3) is 0 Å². The molecule has 0 rings (SSSR count). The molecule has 0 aliphatic heterocycles. The lowest BCUT2D eigenvalue weighted by molar-refractivity contribution is 1.09. The molecule has 0 fully saturated rings. The Hall–Kier alpha value is 0. The minimum Gasteiger partial charge on any atom is -0.0776 e. The van der Waals surface area contributed by atoms with E-state index in [1.165, 1.54) is 77.0 Å². The maximum atomic E-state index is 2.12. The highest BCUT2D eigenvalue weighted by Crippen LogP contribution is 1.59. The molecule has 0 nitrogen and oxygen atoms in total. The Morgan fingerprint density at radius 3 is 0.133 bits per heavy atom. The Bertz CT molecular complexity index is 43.0. The number of rotatable bonds is 0. The van der Waals surface area contributed by atoms with E-state index in [1.54, 1.807) is 0 Å². The van der Waals surface area contributed by atoms with Crippen LogP contribution in [0, 0.1) is 0 Å². The van der Waals surface area contributed by atoms with Crippen molar-refractivity contribution in [1.82, 2.24) is 0 Å². The Morgan fingerprint density at radius 2 is 0.133 bits per heavy atom. The van der Waals surface area contributed by atoms with Crippen LogP contribution in [-0.4, -0.2) is 0 Å². The fourth-order valence-electron chi connectivity index (χ4n) is 0. The molecule has 0 saturated carbocycles. The summed E-state index contributed by atoms with van der Waals surface area (Å²) >= 11 is 0. The van der Waals surface area contributed by atoms with Gasteiger partial charge in [0, 0.05) is 0 Å². The van der Waals surface area contributed by atoms with Crippen molar-refractivity contribution in [2.45, 2.75) is 306 Å². The minimum absolute atomic E-state index is 0. The zero-order valence-electron chi connectivity index (χ0n) is 40.5. The molecule has 0 N–H and O–H groups in total. The molecular formula is C45H124. The van der Waals surface area contributed by atoms with E-state index in [0.717, 1.165) is 0 Å². The van der Waals surface area contributed by atoms with Gasteiger partial charge >= 0.3 is 0 Å². The predicted molar refractivity (Wildman–Crippen MR) is 244 cm³/mol. The highest BCUT2D eigenvalue weighted by atomic mass is 13.5. The Balaban J connectivity index is -0.0000000124. The highest BCUT2D eigenvalue weighted by Gasteiger charge is 1.39. The van der Waals surface area contributed by atoms with E-state index in [-0.39, 0.29) is 7.43 Å². The Kier molecular flexibility index (Phi) is 1400. The topological polar surface area (TPSA) is 0 Å². The number of hydrogen-bond donors (Lipinski definition) is 0. The summed E-state index contributed by atoms with van der Waals surface area (Å²) in [5.41, 5.74) is 0. The van der Waals surface area contributed by atoms with Crippen LogP contribution in [0.1, 0.15) is 306 Å². The first-order chi connectivity index (χ1) is 21.0. The maximum Gasteiger partial charge on any atom is -0.0590 e. The second-order valence-electron chi connectivity index (χ2n) is 8.49. The van der Waals surface area contributed by atoms with Crippen molar-refractivity contribution in [2.75, 3.05) is 0 Å². The molecule has 0 spiro atoms. The minimum atomic E-state index is 0. The van der Waals surface area contributed by atoms with Crippen molar-refractivity contribution in [1.29, 1.82) is 0 Å². The lowest BCUT2D eigenvalue weighted by atomic mass is 10.6. The third kappa shape index (κ3) is 0. The molecular weight excluding hydrogens is 540 g/mol. The molecule has 0 saturated heterocycles. The van der Waals surface area contributed by atoms with Crippen LogP contribution in [0.25, 0.3) is 0 Å². The summed E-state index contributed by atoms with van der Waals surface area (Å²) < 4.78 is 0. The van der Waals surface area contributed by atoms with Gasteiger partial charge in [-0.25, -0.2) is 0 Å². The van der Waals surface area contributed by atoms with Crippen molar-refractivity contribution in [3.8, 4) is 0 Å². The van der Waals surface area contributed by atoms with E-state index in [0.29, 0.717) is 0 Å². The zero-order valence-corrected chi connectivity index (χ0v) is 40.5. The summed E-state index contributed by atoms with van der Waals surface area (Å²) in [5, 5.41) is 0. The SMILES string of the molecule is C.CC.CC.CC.CC.CCC.CCC.CCC.CCC.CCC.CCC.CCC.CCC.CCC.CCC.CCC.CCC. The molecule has 0 heteroatoms. The largest absolute Gasteiger partial charge is 0.0776 e. The predicted octanol–water partition coefficient (Wildman–Crippen LogP) is 21.7. The van der Waals surface area contributed by atoms with Gasteiger partial charge in [0.15, 0.2) is 0 Å². The van der Waals surface area contributed by atoms with Crippen LogP contribution in [0.15, 0.2) is 0 Å². The highest BCUT2D eigenvalue weighted by molar-refractivity contribution is 3.95. The van der Waals surface area contributed by atoms with E-state index < -0.39 is 0 Å². The molecule has 0 bridgehead atoms. The molecule has 0 unspecified atom stereocenters. The molecule has 304 valence electrons. The van der Waals surface area contributed by atoms with E-state index in [4.69, 9.17) is 0 Å². The van der Waals surface area contributed by atoms with Gasteiger partial charge in [-0.15, -0.1) is 0 Å². The second kappa shape index (κ2) is 565. The zero-order chi connectivity index (χ0) is 40.5. The first kappa shape index (κ1) is 111. The van der Waals surface area contributed by atoms with Crippen molar-refractivity contribution in [2.24, 2.45) is 0 Å². The van der Waals surface area contributed by atoms with Gasteiger partial charge in [-0.2, -0.15) is 0 Å². The maximum absolute atomic E-state index is 2.12. The quantitative estimate of drug-likeness (QED) is 0.242. The summed E-state index contributed by atoms with van der Waals surface area (Å²) in [6.07, 6.45) is 15.0. The van der Waals surface area contributed by atoms with Crippen molar-refractivity contribution >= 4 is 0 Å². The number of hydrogen-bond acceptors (Lipinski definition) is 0. The van der Waals surface area contributed by atoms with Crippen LogP contribution in [0.3, 0.4) is 0 Å². The van der Waals surface area contributed by atoms with Crippen molar-refractivity contribution in [3.05, 3.63) is 0 Å². The monoisotopic (exact) mass is 665 g/mol. The molecule has 0 aromatic heterocycles. The molecule has 45 heavy (non-hydrogen) atoms. The van der Waals surface area contributed by atoms with E-state index in [9.17, 15) is 0 Å². The smallest absolute Gasteiger partial charge is 0.0590 e. The Labute approximate surface area is 305 Å². The van der Waals surface area contributed by atoms with Crippen LogP contribution < -0.4 is 0 Å². The average Bonchev–Trinajstić information content (AvgIpc) is 2.98. The van der Waals surface area contributed by atoms with Crippen LogP contribution in [0.5, 0.6) is 0 Å². The summed E-state index contributed by atoms with van der Waals surface area (Å²) in [6, 6.07) is 0. The molecule has 0 amide bonds. The normalized spacial score (nSPS) is 5.33. The third-order valence-electron chi connectivity index (χ3n) is 0. The van der Waals surface area contributed by atoms with Gasteiger partial charge in [0.2, 0.25) is 0 Å². The molecule has 0 aromatic carbocycles. The molecule has 0 heterocycles. The van der Waals surface area contributed by atoms with E-state index in [2.05, 4.69) is 166 Å². The van der Waals surface area contributed by atoms with Gasteiger partial charge in [-0.3, -0.25) is 0 Å². The lowest BCUT2D eigenvalue weighted by Crippen LogP contribution is -1.27. The van der Waals surface area contributed by atoms with Crippen molar-refractivity contribution in [3.63, 3.8) is 0 Å². The van der Waals surface area contributed by atoms with Gasteiger partial charge in [0.1, 0.15) is 0 Å². The third-order valence-corrected chi connectivity index (χ3v) is 0. The summed E-state index contributed by atoms with van der Waals surface area (Å²) in [7, 11) is 0. The first-order valence-corrected chi connectivity index (χ1v) is 21.0. The molecule has 0 aromatic rings. The van der Waals surface area contributed by atoms with Gasteiger partial charge < -0.3 is 0 Å². The standard InChI is InChI=1S/12C3H8.4C2H6.CH4/c12*1-3-2;4*1-2;/h12*3H2,1-2H3;4*1-2H3;1H4. The molecule has 0 aliphatic carbocycles. The fraction of sp³-hybridized carbons (Fsp3) is 1.00. The van der Waals surface area contributed by atoms with Gasteiger partial charge in [-0.1, -0.05) is 306 Å². The van der Waals surface area contributed by atoms with Gasteiger partial charge in [-0.05, 0) is 0 Å². The molecule has 0 atom stereocenters. The lowest BCUT2D eigenvalue weighted by Gasteiger charge is -1.48. The summed E-state index contributed by atoms with van der Waals surface area (Å²) in [5.74, 6) is 0. The second-order valence-corrected chi connectivity index (χ2v) is 8.49. The van der Waals surface area contributed by atoms with Crippen LogP contribution in [-0.2, 0) is 0 Å². The first-order valence-electron chi connectivity index (χ1n) is 21.0. The van der Waals surface area contributed by atoms with E-state index in [1.807, 2.05) is 55.4 Å². The fourth-order valence-corrected chi connectivity index (χ4v) is 0. The molecule has 0 radical (unpaired) electrons. The van der Waals surface area contributed by atoms with Crippen LogP contribution in [0.4, 0.5) is 0 Å². The molecule has 0 aliphatic rings.